The molecule has 216 valence electrons. The Kier molecular flexibility index (Phi) is 7.86. The third kappa shape index (κ3) is 5.70. The highest BCUT2D eigenvalue weighted by Crippen LogP contribution is 2.39. The zero-order valence-electron chi connectivity index (χ0n) is 23.5. The van der Waals surface area contributed by atoms with Gasteiger partial charge in [0, 0.05) is 61.9 Å². The van der Waals surface area contributed by atoms with Crippen molar-refractivity contribution in [2.45, 2.75) is 51.1 Å². The van der Waals surface area contributed by atoms with Gasteiger partial charge in [-0.25, -0.2) is 22.8 Å². The number of β-amino-alcohol motifs (C(OH)–C–C–N with tert-alkyl or cyclic N) is 1. The van der Waals surface area contributed by atoms with E-state index >= 15 is 0 Å². The van der Waals surface area contributed by atoms with Crippen molar-refractivity contribution in [2.75, 3.05) is 53.9 Å². The number of pyridine rings is 1. The Morgan fingerprint density at radius 2 is 1.93 bits per heavy atom. The number of nitrogens with zero attached hydrogens (tertiary/aromatic N) is 5. The van der Waals surface area contributed by atoms with Crippen molar-refractivity contribution in [1.29, 1.82) is 0 Å². The number of ether oxygens (including phenoxy) is 1. The van der Waals surface area contributed by atoms with Crippen LogP contribution in [0.2, 0.25) is 0 Å². The predicted octanol–water partition coefficient (Wildman–Crippen LogP) is 3.30. The van der Waals surface area contributed by atoms with Crippen LogP contribution in [-0.2, 0) is 14.6 Å². The van der Waals surface area contributed by atoms with Gasteiger partial charge in [0.15, 0.2) is 0 Å². The van der Waals surface area contributed by atoms with Gasteiger partial charge < -0.3 is 25.0 Å². The van der Waals surface area contributed by atoms with Gasteiger partial charge in [0.25, 0.3) is 0 Å². The molecule has 12 heteroatoms. The maximum Gasteiger partial charge on any atom is 0.227 e. The molecule has 40 heavy (non-hydrogen) atoms. The summed E-state index contributed by atoms with van der Waals surface area (Å²) >= 11 is 0. The lowest BCUT2D eigenvalue weighted by Gasteiger charge is -2.48. The van der Waals surface area contributed by atoms with Gasteiger partial charge >= 0.3 is 0 Å². The Hall–Kier alpha value is -3.09. The third-order valence-corrected chi connectivity index (χ3v) is 8.99. The second kappa shape index (κ2) is 11.1. The van der Waals surface area contributed by atoms with Crippen LogP contribution in [0.3, 0.4) is 0 Å². The summed E-state index contributed by atoms with van der Waals surface area (Å²) in [6, 6.07) is 8.06. The molecule has 2 aliphatic rings. The molecule has 0 spiro atoms. The van der Waals surface area contributed by atoms with Gasteiger partial charge in [0.2, 0.25) is 5.95 Å². The Balaban J connectivity index is 1.40. The lowest BCUT2D eigenvalue weighted by Crippen LogP contribution is -2.57. The molecule has 2 saturated heterocycles. The molecular weight excluding hydrogens is 535 g/mol. The number of rotatable bonds is 8. The number of alkyl halides is 1. The minimum atomic E-state index is -3.04. The van der Waals surface area contributed by atoms with E-state index in [-0.39, 0.29) is 36.7 Å². The van der Waals surface area contributed by atoms with E-state index in [9.17, 15) is 17.9 Å². The van der Waals surface area contributed by atoms with E-state index < -0.39 is 28.2 Å². The van der Waals surface area contributed by atoms with Gasteiger partial charge in [-0.3, -0.25) is 0 Å². The summed E-state index contributed by atoms with van der Waals surface area (Å²) in [4.78, 5) is 17.4. The number of aliphatic hydroxyl groups is 1. The second-order valence-electron chi connectivity index (χ2n) is 11.2. The van der Waals surface area contributed by atoms with Crippen LogP contribution in [-0.4, -0.2) is 91.7 Å². The number of sulfone groups is 1. The topological polar surface area (TPSA) is 121 Å². The molecule has 4 heterocycles. The normalized spacial score (nSPS) is 25.4. The molecule has 2 aromatic heterocycles. The Labute approximate surface area is 234 Å². The van der Waals surface area contributed by atoms with Gasteiger partial charge in [-0.1, -0.05) is 19.9 Å². The highest BCUT2D eigenvalue weighted by molar-refractivity contribution is 7.90. The molecule has 0 unspecified atom stereocenters. The summed E-state index contributed by atoms with van der Waals surface area (Å²) in [6.45, 7) is 7.23. The summed E-state index contributed by atoms with van der Waals surface area (Å²) in [6.07, 6.45) is 1.50. The van der Waals surface area contributed by atoms with Gasteiger partial charge in [0.05, 0.1) is 12.3 Å². The first-order valence-electron chi connectivity index (χ1n) is 13.5. The molecule has 0 saturated carbocycles. The van der Waals surface area contributed by atoms with Crippen molar-refractivity contribution >= 4 is 43.9 Å². The first-order valence-corrected chi connectivity index (χ1v) is 15.6. The Bertz CT molecular complexity index is 1480. The summed E-state index contributed by atoms with van der Waals surface area (Å²) < 4.78 is 43.3. The van der Waals surface area contributed by atoms with Crippen LogP contribution < -0.4 is 15.1 Å². The number of fused-ring (bicyclic) bond motifs is 1. The molecular formula is C28H37FN6O4S. The first-order chi connectivity index (χ1) is 18.9. The zero-order chi connectivity index (χ0) is 28.8. The minimum absolute atomic E-state index is 0.0216. The molecule has 0 amide bonds. The SMILES string of the molecule is CO[C@@H]1[C@H](F)CN(c2nccc(Nc3cc4c(C(C)C)ccc(N5C[C@H](CS(C)(=O)=O)[C@H]5C)c4cn3)n2)C[C@@H]1O. The van der Waals surface area contributed by atoms with Crippen LogP contribution in [0.25, 0.3) is 10.8 Å². The van der Waals surface area contributed by atoms with Crippen LogP contribution in [0.1, 0.15) is 32.3 Å². The molecule has 5 rings (SSSR count). The van der Waals surface area contributed by atoms with Crippen molar-refractivity contribution < 1.29 is 22.7 Å². The summed E-state index contributed by atoms with van der Waals surface area (Å²) in [5.41, 5.74) is 2.22. The average Bonchev–Trinajstić information content (AvgIpc) is 2.89. The van der Waals surface area contributed by atoms with Crippen molar-refractivity contribution in [1.82, 2.24) is 15.0 Å². The van der Waals surface area contributed by atoms with Crippen molar-refractivity contribution in [2.24, 2.45) is 5.92 Å². The molecule has 0 bridgehead atoms. The minimum Gasteiger partial charge on any atom is -0.388 e. The molecule has 10 nitrogen and oxygen atoms in total. The number of methoxy groups -OCH3 is 1. The fourth-order valence-corrected chi connectivity index (χ4v) is 6.95. The fourth-order valence-electron chi connectivity index (χ4n) is 5.78. The number of halogens is 1. The van der Waals surface area contributed by atoms with E-state index in [1.165, 1.54) is 18.9 Å². The van der Waals surface area contributed by atoms with E-state index in [0.717, 1.165) is 16.5 Å². The number of hydrogen-bond donors (Lipinski definition) is 2. The van der Waals surface area contributed by atoms with Crippen molar-refractivity contribution in [3.05, 3.63) is 42.2 Å². The van der Waals surface area contributed by atoms with E-state index in [4.69, 9.17) is 4.74 Å². The molecule has 0 aliphatic carbocycles. The van der Waals surface area contributed by atoms with Crippen LogP contribution in [0.5, 0.6) is 0 Å². The monoisotopic (exact) mass is 572 g/mol. The second-order valence-corrected chi connectivity index (χ2v) is 13.4. The number of anilines is 4. The smallest absolute Gasteiger partial charge is 0.227 e. The third-order valence-electron chi connectivity index (χ3n) is 7.96. The molecule has 5 atom stereocenters. The predicted molar refractivity (Wildman–Crippen MR) is 155 cm³/mol. The highest BCUT2D eigenvalue weighted by atomic mass is 32.2. The molecule has 0 radical (unpaired) electrons. The van der Waals surface area contributed by atoms with Crippen LogP contribution in [0.4, 0.5) is 27.7 Å². The van der Waals surface area contributed by atoms with Crippen LogP contribution in [0.15, 0.2) is 36.7 Å². The number of hydrogen-bond acceptors (Lipinski definition) is 10. The van der Waals surface area contributed by atoms with Gasteiger partial charge in [-0.2, -0.15) is 4.98 Å². The first kappa shape index (κ1) is 28.4. The van der Waals surface area contributed by atoms with Crippen LogP contribution >= 0.6 is 0 Å². The van der Waals surface area contributed by atoms with E-state index in [1.807, 2.05) is 12.3 Å². The highest BCUT2D eigenvalue weighted by Gasteiger charge is 2.39. The van der Waals surface area contributed by atoms with Crippen molar-refractivity contribution in [3.8, 4) is 0 Å². The van der Waals surface area contributed by atoms with Crippen molar-refractivity contribution in [3.63, 3.8) is 0 Å². The van der Waals surface area contributed by atoms with Gasteiger partial charge in [-0.05, 0) is 42.0 Å². The Morgan fingerprint density at radius 3 is 2.58 bits per heavy atom. The van der Waals surface area contributed by atoms with E-state index in [2.05, 4.69) is 58.1 Å². The Morgan fingerprint density at radius 1 is 1.15 bits per heavy atom. The maximum absolute atomic E-state index is 14.5. The van der Waals surface area contributed by atoms with E-state index in [0.29, 0.717) is 24.1 Å². The molecule has 3 aromatic rings. The van der Waals surface area contributed by atoms with E-state index in [1.54, 1.807) is 17.2 Å². The number of benzene rings is 1. The summed E-state index contributed by atoms with van der Waals surface area (Å²) in [7, 11) is -1.65. The molecule has 2 aliphatic heterocycles. The van der Waals surface area contributed by atoms with Gasteiger partial charge in [-0.15, -0.1) is 0 Å². The lowest BCUT2D eigenvalue weighted by atomic mass is 9.88. The zero-order valence-corrected chi connectivity index (χ0v) is 24.3. The standard InChI is InChI=1S/C28H37FN6O4S/c1-16(2)19-6-7-23(35-12-18(17(35)3)15-40(5,37)38)21-11-31-26(10-20(19)21)32-25-8-9-30-28(33-25)34-13-22(29)27(39-4)24(36)14-34/h6-11,16-18,22,24,27,36H,12-15H2,1-5H3,(H,30,31,32,33)/t17-,18-,22-,24+,27-/m1/s1. The number of piperidine rings is 1. The average molecular weight is 573 g/mol. The summed E-state index contributed by atoms with van der Waals surface area (Å²) in [5, 5.41) is 15.6. The summed E-state index contributed by atoms with van der Waals surface area (Å²) in [5.74, 6) is 1.98. The quantitative estimate of drug-likeness (QED) is 0.416. The molecule has 2 N–H and O–H groups in total. The maximum atomic E-state index is 14.5. The van der Waals surface area contributed by atoms with Gasteiger partial charge in [0.1, 0.15) is 39.9 Å². The van der Waals surface area contributed by atoms with Crippen LogP contribution in [0, 0.1) is 5.92 Å². The number of aromatic nitrogens is 3. The molecule has 2 fully saturated rings. The number of nitrogens with one attached hydrogen (secondary N) is 1. The largest absolute Gasteiger partial charge is 0.388 e. The number of aliphatic hydroxyl groups excluding tert-OH is 1. The lowest BCUT2D eigenvalue weighted by molar-refractivity contribution is -0.0627. The molecule has 1 aromatic carbocycles. The fraction of sp³-hybridized carbons (Fsp3) is 0.536.